The van der Waals surface area contributed by atoms with Crippen LogP contribution in [0.3, 0.4) is 0 Å². The zero-order chi connectivity index (χ0) is 10.1. The SMILES string of the molecule is CSc1nc(Cl)c2cc(Cl)ccc2n1. The van der Waals surface area contributed by atoms with Crippen LogP contribution >= 0.6 is 35.0 Å². The number of benzene rings is 1. The van der Waals surface area contributed by atoms with Crippen molar-refractivity contribution in [2.45, 2.75) is 5.16 Å². The van der Waals surface area contributed by atoms with Crippen LogP contribution in [0, 0.1) is 0 Å². The van der Waals surface area contributed by atoms with Crippen molar-refractivity contribution < 1.29 is 0 Å². The van der Waals surface area contributed by atoms with Gasteiger partial charge in [0.05, 0.1) is 5.52 Å². The summed E-state index contributed by atoms with van der Waals surface area (Å²) in [5.74, 6) is 0. The van der Waals surface area contributed by atoms with Gasteiger partial charge >= 0.3 is 0 Å². The molecule has 0 saturated heterocycles. The first-order valence-electron chi connectivity index (χ1n) is 3.87. The van der Waals surface area contributed by atoms with Gasteiger partial charge in [-0.1, -0.05) is 35.0 Å². The van der Waals surface area contributed by atoms with Crippen LogP contribution in [-0.2, 0) is 0 Å². The van der Waals surface area contributed by atoms with Gasteiger partial charge < -0.3 is 0 Å². The Kier molecular flexibility index (Phi) is 2.81. The molecule has 0 aliphatic heterocycles. The van der Waals surface area contributed by atoms with Crippen LogP contribution in [-0.4, -0.2) is 16.2 Å². The molecule has 72 valence electrons. The lowest BCUT2D eigenvalue weighted by Gasteiger charge is -2.02. The van der Waals surface area contributed by atoms with Gasteiger partial charge in [-0.05, 0) is 24.5 Å². The Morgan fingerprint density at radius 2 is 2.00 bits per heavy atom. The first-order valence-corrected chi connectivity index (χ1v) is 5.85. The number of hydrogen-bond acceptors (Lipinski definition) is 3. The van der Waals surface area contributed by atoms with Crippen LogP contribution in [0.2, 0.25) is 10.2 Å². The molecule has 1 aromatic heterocycles. The number of nitrogens with zero attached hydrogens (tertiary/aromatic N) is 2. The Morgan fingerprint density at radius 1 is 1.21 bits per heavy atom. The predicted octanol–water partition coefficient (Wildman–Crippen LogP) is 3.66. The molecule has 0 amide bonds. The largest absolute Gasteiger partial charge is 0.222 e. The lowest BCUT2D eigenvalue weighted by Crippen LogP contribution is -1.88. The summed E-state index contributed by atoms with van der Waals surface area (Å²) >= 11 is 13.3. The van der Waals surface area contributed by atoms with Gasteiger partial charge in [-0.25, -0.2) is 9.97 Å². The molecule has 1 heterocycles. The lowest BCUT2D eigenvalue weighted by molar-refractivity contribution is 1.01. The van der Waals surface area contributed by atoms with Crippen molar-refractivity contribution in [2.75, 3.05) is 6.26 Å². The number of thioether (sulfide) groups is 1. The molecule has 0 aliphatic rings. The third kappa shape index (κ3) is 1.80. The second kappa shape index (κ2) is 3.93. The highest BCUT2D eigenvalue weighted by Gasteiger charge is 2.05. The minimum Gasteiger partial charge on any atom is -0.222 e. The van der Waals surface area contributed by atoms with Crippen LogP contribution in [0.25, 0.3) is 10.9 Å². The van der Waals surface area contributed by atoms with E-state index in [1.165, 1.54) is 11.8 Å². The van der Waals surface area contributed by atoms with E-state index in [-0.39, 0.29) is 0 Å². The van der Waals surface area contributed by atoms with Crippen molar-refractivity contribution in [1.29, 1.82) is 0 Å². The first kappa shape index (κ1) is 10.0. The molecule has 2 nitrogen and oxygen atoms in total. The maximum absolute atomic E-state index is 5.99. The zero-order valence-electron chi connectivity index (χ0n) is 7.29. The van der Waals surface area contributed by atoms with Crippen molar-refractivity contribution >= 4 is 45.9 Å². The highest BCUT2D eigenvalue weighted by molar-refractivity contribution is 7.98. The summed E-state index contributed by atoms with van der Waals surface area (Å²) in [4.78, 5) is 8.42. The van der Waals surface area contributed by atoms with E-state index < -0.39 is 0 Å². The number of hydrogen-bond donors (Lipinski definition) is 0. The van der Waals surface area contributed by atoms with E-state index in [4.69, 9.17) is 23.2 Å². The van der Waals surface area contributed by atoms with Crippen LogP contribution in [0.5, 0.6) is 0 Å². The van der Waals surface area contributed by atoms with Crippen molar-refractivity contribution in [2.24, 2.45) is 0 Å². The number of fused-ring (bicyclic) bond motifs is 1. The second-order valence-electron chi connectivity index (χ2n) is 2.66. The fraction of sp³-hybridized carbons (Fsp3) is 0.111. The van der Waals surface area contributed by atoms with Gasteiger partial charge in [0.1, 0.15) is 5.15 Å². The van der Waals surface area contributed by atoms with Crippen LogP contribution < -0.4 is 0 Å². The molecule has 0 bridgehead atoms. The van der Waals surface area contributed by atoms with E-state index >= 15 is 0 Å². The van der Waals surface area contributed by atoms with Crippen molar-refractivity contribution in [3.8, 4) is 0 Å². The fourth-order valence-electron chi connectivity index (χ4n) is 1.13. The second-order valence-corrected chi connectivity index (χ2v) is 4.23. The molecular weight excluding hydrogens is 239 g/mol. The molecule has 0 radical (unpaired) electrons. The molecule has 0 spiro atoms. The summed E-state index contributed by atoms with van der Waals surface area (Å²) in [5.41, 5.74) is 0.818. The summed E-state index contributed by atoms with van der Waals surface area (Å²) in [5, 5.41) is 2.54. The number of halogens is 2. The molecule has 0 unspecified atom stereocenters. The highest BCUT2D eigenvalue weighted by atomic mass is 35.5. The summed E-state index contributed by atoms with van der Waals surface area (Å²) < 4.78 is 0. The van der Waals surface area contributed by atoms with Crippen molar-refractivity contribution in [3.63, 3.8) is 0 Å². The van der Waals surface area contributed by atoms with Gasteiger partial charge in [-0.15, -0.1) is 0 Å². The van der Waals surface area contributed by atoms with Crippen LogP contribution in [0.1, 0.15) is 0 Å². The Balaban J connectivity index is 2.76. The summed E-state index contributed by atoms with van der Waals surface area (Å²) in [7, 11) is 0. The normalized spacial score (nSPS) is 10.8. The molecule has 2 rings (SSSR count). The van der Waals surface area contributed by atoms with E-state index in [9.17, 15) is 0 Å². The van der Waals surface area contributed by atoms with Crippen LogP contribution in [0.15, 0.2) is 23.4 Å². The van der Waals surface area contributed by atoms with Crippen molar-refractivity contribution in [1.82, 2.24) is 9.97 Å². The van der Waals surface area contributed by atoms with Crippen molar-refractivity contribution in [3.05, 3.63) is 28.4 Å². The summed E-state index contributed by atoms with van der Waals surface area (Å²) in [6.07, 6.45) is 1.91. The lowest BCUT2D eigenvalue weighted by atomic mass is 10.2. The average Bonchev–Trinajstić information content (AvgIpc) is 2.19. The van der Waals surface area contributed by atoms with E-state index in [0.717, 1.165) is 10.9 Å². The highest BCUT2D eigenvalue weighted by Crippen LogP contribution is 2.25. The minimum absolute atomic E-state index is 0.446. The molecule has 0 aliphatic carbocycles. The van der Waals surface area contributed by atoms with Gasteiger partial charge in [-0.2, -0.15) is 0 Å². The van der Waals surface area contributed by atoms with Gasteiger partial charge in [0, 0.05) is 10.4 Å². The third-order valence-electron chi connectivity index (χ3n) is 1.77. The number of rotatable bonds is 1. The molecule has 1 aromatic carbocycles. The first-order chi connectivity index (χ1) is 6.70. The maximum Gasteiger partial charge on any atom is 0.189 e. The van der Waals surface area contributed by atoms with Gasteiger partial charge in [0.2, 0.25) is 0 Å². The minimum atomic E-state index is 0.446. The molecule has 2 aromatic rings. The third-order valence-corrected chi connectivity index (χ3v) is 2.84. The van der Waals surface area contributed by atoms with Gasteiger partial charge in [-0.3, -0.25) is 0 Å². The van der Waals surface area contributed by atoms with E-state index in [2.05, 4.69) is 9.97 Å². The molecule has 0 N–H and O–H groups in total. The topological polar surface area (TPSA) is 25.8 Å². The Hall–Kier alpha value is -0.510. The smallest absolute Gasteiger partial charge is 0.189 e. The Labute approximate surface area is 95.6 Å². The van der Waals surface area contributed by atoms with E-state index in [1.807, 2.05) is 12.3 Å². The molecule has 0 atom stereocenters. The monoisotopic (exact) mass is 244 g/mol. The molecule has 5 heteroatoms. The summed E-state index contributed by atoms with van der Waals surface area (Å²) in [6.45, 7) is 0. The predicted molar refractivity (Wildman–Crippen MR) is 61.3 cm³/mol. The summed E-state index contributed by atoms with van der Waals surface area (Å²) in [6, 6.07) is 5.39. The molecule has 0 fully saturated rings. The standard InChI is InChI=1S/C9H6Cl2N2S/c1-14-9-12-7-3-2-5(10)4-6(7)8(11)13-9/h2-4H,1H3. The maximum atomic E-state index is 5.99. The quantitative estimate of drug-likeness (QED) is 0.435. The van der Waals surface area contributed by atoms with E-state index in [0.29, 0.717) is 15.3 Å². The van der Waals surface area contributed by atoms with Gasteiger partial charge in [0.15, 0.2) is 5.16 Å². The van der Waals surface area contributed by atoms with Crippen LogP contribution in [0.4, 0.5) is 0 Å². The fourth-order valence-corrected chi connectivity index (χ4v) is 1.96. The Bertz CT molecular complexity index is 487. The zero-order valence-corrected chi connectivity index (χ0v) is 9.62. The Morgan fingerprint density at radius 3 is 2.71 bits per heavy atom. The number of aromatic nitrogens is 2. The van der Waals surface area contributed by atoms with Gasteiger partial charge in [0.25, 0.3) is 0 Å². The molecule has 14 heavy (non-hydrogen) atoms. The average molecular weight is 245 g/mol. The molecular formula is C9H6Cl2N2S. The van der Waals surface area contributed by atoms with E-state index in [1.54, 1.807) is 12.1 Å². The molecule has 0 saturated carbocycles.